The maximum Gasteiger partial charge on any atom is 0.200 e. The first-order valence-electron chi connectivity index (χ1n) is 14.4. The zero-order chi connectivity index (χ0) is 25.5. The standard InChI is InChI=1S/C32H43F3O/c1-3-5-7-23-12-17-27(29(33)20-23)25-15-10-24(11-16-25)21-36-30-19-18-28(31(34)32(30)35)26-13-8-22(6-4-2)9-14-26/h12,17-20,22,24-26H,3-11,13-16,21H2,1-2H3. The maximum absolute atomic E-state index is 14.9. The van der Waals surface area contributed by atoms with E-state index < -0.39 is 11.6 Å². The van der Waals surface area contributed by atoms with Crippen molar-refractivity contribution >= 4 is 0 Å². The van der Waals surface area contributed by atoms with Crippen molar-refractivity contribution in [2.45, 2.75) is 109 Å². The smallest absolute Gasteiger partial charge is 0.200 e. The third kappa shape index (κ3) is 6.66. The molecule has 0 amide bonds. The molecule has 4 heteroatoms. The van der Waals surface area contributed by atoms with Crippen LogP contribution in [0.2, 0.25) is 0 Å². The van der Waals surface area contributed by atoms with Crippen LogP contribution < -0.4 is 4.74 Å². The fourth-order valence-corrected chi connectivity index (χ4v) is 6.43. The summed E-state index contributed by atoms with van der Waals surface area (Å²) >= 11 is 0. The second-order valence-electron chi connectivity index (χ2n) is 11.3. The van der Waals surface area contributed by atoms with Gasteiger partial charge in [0.25, 0.3) is 0 Å². The van der Waals surface area contributed by atoms with Gasteiger partial charge >= 0.3 is 0 Å². The molecule has 1 nitrogen and oxygen atoms in total. The van der Waals surface area contributed by atoms with Gasteiger partial charge < -0.3 is 4.74 Å². The minimum Gasteiger partial charge on any atom is -0.490 e. The van der Waals surface area contributed by atoms with Gasteiger partial charge in [0.1, 0.15) is 5.82 Å². The van der Waals surface area contributed by atoms with Crippen molar-refractivity contribution in [3.63, 3.8) is 0 Å². The van der Waals surface area contributed by atoms with E-state index in [1.54, 1.807) is 18.2 Å². The summed E-state index contributed by atoms with van der Waals surface area (Å²) in [6, 6.07) is 9.10. The van der Waals surface area contributed by atoms with Gasteiger partial charge in [0.05, 0.1) is 6.61 Å². The topological polar surface area (TPSA) is 9.23 Å². The van der Waals surface area contributed by atoms with Crippen LogP contribution >= 0.6 is 0 Å². The first-order chi connectivity index (χ1) is 17.5. The summed E-state index contributed by atoms with van der Waals surface area (Å²) in [5.41, 5.74) is 2.41. The van der Waals surface area contributed by atoms with E-state index in [-0.39, 0.29) is 29.3 Å². The minimum atomic E-state index is -0.845. The molecule has 2 aromatic rings. The summed E-state index contributed by atoms with van der Waals surface area (Å²) in [6.45, 7) is 4.73. The van der Waals surface area contributed by atoms with Gasteiger partial charge in [-0.15, -0.1) is 0 Å². The van der Waals surface area contributed by atoms with E-state index in [1.807, 2.05) is 6.07 Å². The molecule has 0 heterocycles. The Labute approximate surface area is 215 Å². The lowest BCUT2D eigenvalue weighted by atomic mass is 9.77. The SMILES string of the molecule is CCCCc1ccc(C2CCC(COc3ccc(C4CCC(CCC)CC4)c(F)c3F)CC2)c(F)c1. The lowest BCUT2D eigenvalue weighted by Crippen LogP contribution is -2.20. The molecule has 0 spiro atoms. The van der Waals surface area contributed by atoms with Gasteiger partial charge in [-0.3, -0.25) is 0 Å². The van der Waals surface area contributed by atoms with Crippen LogP contribution in [0.5, 0.6) is 5.75 Å². The molecule has 2 aliphatic rings. The highest BCUT2D eigenvalue weighted by molar-refractivity contribution is 5.33. The highest BCUT2D eigenvalue weighted by atomic mass is 19.2. The normalized spacial score (nSPS) is 24.6. The van der Waals surface area contributed by atoms with E-state index >= 15 is 0 Å². The first-order valence-corrected chi connectivity index (χ1v) is 14.4. The predicted molar refractivity (Wildman–Crippen MR) is 141 cm³/mol. The van der Waals surface area contributed by atoms with Gasteiger partial charge in [0.2, 0.25) is 5.82 Å². The van der Waals surface area contributed by atoms with E-state index in [4.69, 9.17) is 4.74 Å². The van der Waals surface area contributed by atoms with Crippen LogP contribution in [0.3, 0.4) is 0 Å². The number of rotatable bonds is 10. The zero-order valence-corrected chi connectivity index (χ0v) is 22.1. The molecular weight excluding hydrogens is 457 g/mol. The van der Waals surface area contributed by atoms with Crippen molar-refractivity contribution in [3.05, 3.63) is 64.5 Å². The fourth-order valence-electron chi connectivity index (χ4n) is 6.43. The molecule has 0 bridgehead atoms. The Morgan fingerprint density at radius 1 is 0.722 bits per heavy atom. The first kappa shape index (κ1) is 27.1. The average Bonchev–Trinajstić information content (AvgIpc) is 2.90. The molecule has 0 N–H and O–H groups in total. The largest absolute Gasteiger partial charge is 0.490 e. The predicted octanol–water partition coefficient (Wildman–Crippen LogP) is 9.87. The Kier molecular flexibility index (Phi) is 9.79. The molecule has 2 aliphatic carbocycles. The quantitative estimate of drug-likeness (QED) is 0.315. The van der Waals surface area contributed by atoms with Crippen LogP contribution in [-0.4, -0.2) is 6.61 Å². The van der Waals surface area contributed by atoms with Crippen LogP contribution in [-0.2, 0) is 6.42 Å². The van der Waals surface area contributed by atoms with Gasteiger partial charge in [-0.2, -0.15) is 4.39 Å². The molecular formula is C32H43F3O. The lowest BCUT2D eigenvalue weighted by molar-refractivity contribution is 0.191. The Morgan fingerprint density at radius 3 is 2.00 bits per heavy atom. The summed E-state index contributed by atoms with van der Waals surface area (Å²) in [5, 5.41) is 0. The van der Waals surface area contributed by atoms with Gasteiger partial charge in [-0.1, -0.05) is 51.3 Å². The molecule has 4 rings (SSSR count). The van der Waals surface area contributed by atoms with Crippen LogP contribution in [0.15, 0.2) is 30.3 Å². The van der Waals surface area contributed by atoms with Crippen molar-refractivity contribution < 1.29 is 17.9 Å². The molecule has 0 aliphatic heterocycles. The van der Waals surface area contributed by atoms with E-state index in [1.165, 1.54) is 12.8 Å². The minimum absolute atomic E-state index is 0.0201. The van der Waals surface area contributed by atoms with Crippen LogP contribution in [0.25, 0.3) is 0 Å². The second kappa shape index (κ2) is 13.0. The van der Waals surface area contributed by atoms with Crippen molar-refractivity contribution in [1.29, 1.82) is 0 Å². The molecule has 2 fully saturated rings. The number of hydrogen-bond acceptors (Lipinski definition) is 1. The fraction of sp³-hybridized carbons (Fsp3) is 0.625. The number of hydrogen-bond donors (Lipinski definition) is 0. The molecule has 0 unspecified atom stereocenters. The third-order valence-corrected chi connectivity index (χ3v) is 8.71. The molecule has 0 saturated heterocycles. The Bertz CT molecular complexity index is 972. The second-order valence-corrected chi connectivity index (χ2v) is 11.3. The number of unbranched alkanes of at least 4 members (excludes halogenated alkanes) is 1. The summed E-state index contributed by atoms with van der Waals surface area (Å²) in [7, 11) is 0. The summed E-state index contributed by atoms with van der Waals surface area (Å²) < 4.78 is 50.3. The number of benzene rings is 2. The third-order valence-electron chi connectivity index (χ3n) is 8.71. The Balaban J connectivity index is 1.27. The summed E-state index contributed by atoms with van der Waals surface area (Å²) in [6.07, 6.45) is 13.2. The van der Waals surface area contributed by atoms with Crippen LogP contribution in [0.1, 0.15) is 119 Å². The molecule has 0 radical (unpaired) electrons. The van der Waals surface area contributed by atoms with Gasteiger partial charge in [-0.25, -0.2) is 8.78 Å². The van der Waals surface area contributed by atoms with E-state index in [0.717, 1.165) is 87.7 Å². The average molecular weight is 501 g/mol. The van der Waals surface area contributed by atoms with Gasteiger partial charge in [-0.05, 0) is 117 Å². The van der Waals surface area contributed by atoms with E-state index in [9.17, 15) is 13.2 Å². The maximum atomic E-state index is 14.9. The molecule has 36 heavy (non-hydrogen) atoms. The number of halogens is 3. The Morgan fingerprint density at radius 2 is 1.36 bits per heavy atom. The van der Waals surface area contributed by atoms with Gasteiger partial charge in [0, 0.05) is 0 Å². The molecule has 2 saturated carbocycles. The summed E-state index contributed by atoms with van der Waals surface area (Å²) in [4.78, 5) is 0. The molecule has 0 atom stereocenters. The van der Waals surface area contributed by atoms with Crippen molar-refractivity contribution in [3.8, 4) is 5.75 Å². The highest BCUT2D eigenvalue weighted by Crippen LogP contribution is 2.41. The molecule has 198 valence electrons. The van der Waals surface area contributed by atoms with Crippen LogP contribution in [0.4, 0.5) is 13.2 Å². The number of ether oxygens (including phenoxy) is 1. The van der Waals surface area contributed by atoms with Crippen LogP contribution in [0, 0.1) is 29.3 Å². The zero-order valence-electron chi connectivity index (χ0n) is 22.1. The molecule has 2 aromatic carbocycles. The number of aryl methyl sites for hydroxylation is 1. The highest BCUT2D eigenvalue weighted by Gasteiger charge is 2.28. The van der Waals surface area contributed by atoms with E-state index in [2.05, 4.69) is 19.9 Å². The Hall–Kier alpha value is -1.97. The van der Waals surface area contributed by atoms with Crippen molar-refractivity contribution in [2.75, 3.05) is 6.61 Å². The van der Waals surface area contributed by atoms with Crippen molar-refractivity contribution in [1.82, 2.24) is 0 Å². The molecule has 0 aromatic heterocycles. The monoisotopic (exact) mass is 500 g/mol. The lowest BCUT2D eigenvalue weighted by Gasteiger charge is -2.30. The van der Waals surface area contributed by atoms with E-state index in [0.29, 0.717) is 12.2 Å². The summed E-state index contributed by atoms with van der Waals surface area (Å²) in [5.74, 6) is -0.287. The van der Waals surface area contributed by atoms with Gasteiger partial charge in [0.15, 0.2) is 11.6 Å². The van der Waals surface area contributed by atoms with Crippen molar-refractivity contribution in [2.24, 2.45) is 11.8 Å².